The molecule has 0 radical (unpaired) electrons. The monoisotopic (exact) mass is 222 g/mol. The molecule has 1 aliphatic rings. The van der Waals surface area contributed by atoms with Crippen LogP contribution in [0.3, 0.4) is 0 Å². The van der Waals surface area contributed by atoms with E-state index in [4.69, 9.17) is 10.5 Å². The Morgan fingerprint density at radius 3 is 2.94 bits per heavy atom. The predicted octanol–water partition coefficient (Wildman–Crippen LogP) is 0.659. The molecule has 2 rings (SSSR count). The molecule has 1 aromatic rings. The van der Waals surface area contributed by atoms with E-state index in [2.05, 4.69) is 21.8 Å². The van der Waals surface area contributed by atoms with Crippen molar-refractivity contribution < 1.29 is 4.74 Å². The lowest BCUT2D eigenvalue weighted by Crippen LogP contribution is -2.28. The molecule has 0 amide bonds. The van der Waals surface area contributed by atoms with Crippen molar-refractivity contribution in [2.45, 2.75) is 19.9 Å². The van der Waals surface area contributed by atoms with Crippen LogP contribution in [0.2, 0.25) is 0 Å². The summed E-state index contributed by atoms with van der Waals surface area (Å²) in [6.07, 6.45) is 3.39. The fourth-order valence-electron chi connectivity index (χ4n) is 1.89. The minimum Gasteiger partial charge on any atom is -0.477 e. The van der Waals surface area contributed by atoms with Crippen molar-refractivity contribution in [3.63, 3.8) is 0 Å². The van der Waals surface area contributed by atoms with Gasteiger partial charge in [0.2, 0.25) is 5.88 Å². The maximum absolute atomic E-state index is 5.98. The second-order valence-electron chi connectivity index (χ2n) is 4.19. The molecule has 2 N–H and O–H groups in total. The van der Waals surface area contributed by atoms with Gasteiger partial charge in [0, 0.05) is 19.1 Å². The van der Waals surface area contributed by atoms with Crippen molar-refractivity contribution in [1.29, 1.82) is 0 Å². The van der Waals surface area contributed by atoms with E-state index in [1.165, 1.54) is 0 Å². The summed E-state index contributed by atoms with van der Waals surface area (Å²) in [4.78, 5) is 10.7. The molecule has 5 heteroatoms. The zero-order chi connectivity index (χ0) is 11.5. The van der Waals surface area contributed by atoms with Crippen molar-refractivity contribution in [2.24, 2.45) is 11.7 Å². The average Bonchev–Trinajstić information content (AvgIpc) is 2.60. The van der Waals surface area contributed by atoms with Gasteiger partial charge in [-0.05, 0) is 12.8 Å². The van der Waals surface area contributed by atoms with Crippen molar-refractivity contribution in [3.05, 3.63) is 12.4 Å². The van der Waals surface area contributed by atoms with Gasteiger partial charge in [0.05, 0.1) is 19.0 Å². The second-order valence-corrected chi connectivity index (χ2v) is 4.19. The lowest BCUT2D eigenvalue weighted by molar-refractivity contribution is 0.325. The zero-order valence-electron chi connectivity index (χ0n) is 9.76. The molecule has 5 nitrogen and oxygen atoms in total. The first-order valence-corrected chi connectivity index (χ1v) is 5.66. The summed E-state index contributed by atoms with van der Waals surface area (Å²) in [5.41, 5.74) is 5.98. The van der Waals surface area contributed by atoms with Gasteiger partial charge in [0.1, 0.15) is 0 Å². The summed E-state index contributed by atoms with van der Waals surface area (Å²) < 4.78 is 5.33. The number of hydrogen-bond donors (Lipinski definition) is 1. The maximum atomic E-state index is 5.98. The number of hydrogen-bond acceptors (Lipinski definition) is 5. The van der Waals surface area contributed by atoms with Gasteiger partial charge in [-0.3, -0.25) is 4.98 Å². The van der Waals surface area contributed by atoms with Gasteiger partial charge in [-0.2, -0.15) is 4.98 Å². The summed E-state index contributed by atoms with van der Waals surface area (Å²) in [7, 11) is 0. The molecule has 16 heavy (non-hydrogen) atoms. The molecule has 1 aliphatic heterocycles. The highest BCUT2D eigenvalue weighted by Gasteiger charge is 2.27. The smallest absolute Gasteiger partial charge is 0.234 e. The van der Waals surface area contributed by atoms with Crippen molar-refractivity contribution in [2.75, 3.05) is 24.6 Å². The van der Waals surface area contributed by atoms with Crippen LogP contribution in [-0.4, -0.2) is 35.7 Å². The molecule has 0 saturated carbocycles. The normalized spacial score (nSPS) is 24.8. The highest BCUT2D eigenvalue weighted by atomic mass is 16.5. The van der Waals surface area contributed by atoms with E-state index >= 15 is 0 Å². The van der Waals surface area contributed by atoms with Crippen LogP contribution in [0.1, 0.15) is 13.8 Å². The van der Waals surface area contributed by atoms with Gasteiger partial charge in [-0.1, -0.05) is 6.92 Å². The lowest BCUT2D eigenvalue weighted by atomic mass is 10.1. The fraction of sp³-hybridized carbons (Fsp3) is 0.636. The van der Waals surface area contributed by atoms with E-state index in [9.17, 15) is 0 Å². The minimum absolute atomic E-state index is 0.220. The lowest BCUT2D eigenvalue weighted by Gasteiger charge is -2.16. The quantitative estimate of drug-likeness (QED) is 0.814. The van der Waals surface area contributed by atoms with Crippen molar-refractivity contribution in [3.8, 4) is 5.88 Å². The predicted molar refractivity (Wildman–Crippen MR) is 62.6 cm³/mol. The van der Waals surface area contributed by atoms with Crippen molar-refractivity contribution in [1.82, 2.24) is 9.97 Å². The molecule has 1 saturated heterocycles. The zero-order valence-corrected chi connectivity index (χ0v) is 9.76. The molecule has 0 aromatic carbocycles. The van der Waals surface area contributed by atoms with E-state index < -0.39 is 0 Å². The van der Waals surface area contributed by atoms with Gasteiger partial charge < -0.3 is 15.4 Å². The molecule has 2 heterocycles. The first-order chi connectivity index (χ1) is 7.70. The number of nitrogens with two attached hydrogens (primary N) is 1. The third-order valence-electron chi connectivity index (χ3n) is 2.89. The number of anilines is 1. The summed E-state index contributed by atoms with van der Waals surface area (Å²) in [5.74, 6) is 1.93. The number of nitrogens with zero attached hydrogens (tertiary/aromatic N) is 3. The third kappa shape index (κ3) is 2.24. The van der Waals surface area contributed by atoms with Crippen LogP contribution in [0, 0.1) is 5.92 Å². The van der Waals surface area contributed by atoms with Gasteiger partial charge in [0.25, 0.3) is 0 Å². The standard InChI is InChI=1S/C11H18N4O/c1-3-16-11-5-13-4-10(14-11)15-6-8(2)9(12)7-15/h4-5,8-9H,3,6-7,12H2,1-2H3. The van der Waals surface area contributed by atoms with Gasteiger partial charge in [-0.25, -0.2) is 0 Å². The van der Waals surface area contributed by atoms with Crippen LogP contribution >= 0.6 is 0 Å². The Bertz CT molecular complexity index is 348. The van der Waals surface area contributed by atoms with Crippen LogP contribution in [-0.2, 0) is 0 Å². The largest absolute Gasteiger partial charge is 0.477 e. The number of ether oxygens (including phenoxy) is 1. The number of rotatable bonds is 3. The summed E-state index contributed by atoms with van der Waals surface area (Å²) in [6, 6.07) is 0.220. The van der Waals surface area contributed by atoms with E-state index in [0.717, 1.165) is 18.9 Å². The first kappa shape index (κ1) is 11.1. The van der Waals surface area contributed by atoms with Gasteiger partial charge in [0.15, 0.2) is 5.82 Å². The summed E-state index contributed by atoms with van der Waals surface area (Å²) in [6.45, 7) is 6.47. The molecule has 1 aromatic heterocycles. The Kier molecular flexibility index (Phi) is 3.24. The molecule has 0 spiro atoms. The highest BCUT2D eigenvalue weighted by Crippen LogP contribution is 2.21. The van der Waals surface area contributed by atoms with Crippen LogP contribution in [0.15, 0.2) is 12.4 Å². The Balaban J connectivity index is 2.12. The Labute approximate surface area is 95.6 Å². The van der Waals surface area contributed by atoms with Crippen LogP contribution in [0.5, 0.6) is 5.88 Å². The molecule has 88 valence electrons. The number of aromatic nitrogens is 2. The minimum atomic E-state index is 0.220. The molecule has 1 fully saturated rings. The Morgan fingerprint density at radius 2 is 2.31 bits per heavy atom. The first-order valence-electron chi connectivity index (χ1n) is 5.66. The molecule has 0 bridgehead atoms. The molecule has 2 unspecified atom stereocenters. The molecule has 2 atom stereocenters. The van der Waals surface area contributed by atoms with E-state index in [-0.39, 0.29) is 6.04 Å². The average molecular weight is 222 g/mol. The summed E-state index contributed by atoms with van der Waals surface area (Å²) >= 11 is 0. The molecule has 0 aliphatic carbocycles. The van der Waals surface area contributed by atoms with E-state index in [1.807, 2.05) is 6.92 Å². The van der Waals surface area contributed by atoms with Crippen molar-refractivity contribution >= 4 is 5.82 Å². The maximum Gasteiger partial charge on any atom is 0.234 e. The third-order valence-corrected chi connectivity index (χ3v) is 2.89. The SMILES string of the molecule is CCOc1cncc(N2CC(C)C(N)C2)n1. The Morgan fingerprint density at radius 1 is 1.50 bits per heavy atom. The highest BCUT2D eigenvalue weighted by molar-refractivity contribution is 5.39. The van der Waals surface area contributed by atoms with Gasteiger partial charge >= 0.3 is 0 Å². The van der Waals surface area contributed by atoms with Crippen LogP contribution < -0.4 is 15.4 Å². The molecular formula is C11H18N4O. The molecular weight excluding hydrogens is 204 g/mol. The topological polar surface area (TPSA) is 64.3 Å². The summed E-state index contributed by atoms with van der Waals surface area (Å²) in [5, 5.41) is 0. The van der Waals surface area contributed by atoms with Crippen LogP contribution in [0.25, 0.3) is 0 Å². The Hall–Kier alpha value is -1.36. The van der Waals surface area contributed by atoms with E-state index in [0.29, 0.717) is 18.4 Å². The van der Waals surface area contributed by atoms with E-state index in [1.54, 1.807) is 12.4 Å². The van der Waals surface area contributed by atoms with Gasteiger partial charge in [-0.15, -0.1) is 0 Å². The fourth-order valence-corrected chi connectivity index (χ4v) is 1.89. The van der Waals surface area contributed by atoms with Crippen LogP contribution in [0.4, 0.5) is 5.82 Å². The second kappa shape index (κ2) is 4.65.